The van der Waals surface area contributed by atoms with Crippen molar-refractivity contribution in [3.05, 3.63) is 69.9 Å². The third kappa shape index (κ3) is 4.09. The minimum atomic E-state index is -0.137. The summed E-state index contributed by atoms with van der Waals surface area (Å²) in [6, 6.07) is 11.2. The molecule has 5 rings (SSSR count). The summed E-state index contributed by atoms with van der Waals surface area (Å²) in [5, 5.41) is 0.864. The number of nitrogens with one attached hydrogen (secondary N) is 1. The lowest BCUT2D eigenvalue weighted by molar-refractivity contribution is 0.0730. The van der Waals surface area contributed by atoms with Crippen LogP contribution in [-0.2, 0) is 0 Å². The first kappa shape index (κ1) is 22.2. The maximum Gasteiger partial charge on any atom is 0.258 e. The number of imidazole rings is 1. The molecule has 3 heterocycles. The predicted octanol–water partition coefficient (Wildman–Crippen LogP) is 6.33. The van der Waals surface area contributed by atoms with Crippen molar-refractivity contribution in [1.29, 1.82) is 0 Å². The predicted molar refractivity (Wildman–Crippen MR) is 133 cm³/mol. The number of amides is 1. The number of aromatic nitrogens is 4. The van der Waals surface area contributed by atoms with E-state index in [1.54, 1.807) is 37.0 Å². The van der Waals surface area contributed by atoms with Crippen molar-refractivity contribution in [3.8, 4) is 11.3 Å². The molecule has 9 heteroatoms. The zero-order valence-electron chi connectivity index (χ0n) is 18.1. The average Bonchev–Trinajstić information content (AvgIpc) is 3.47. The molecule has 168 valence electrons. The molecule has 4 aromatic rings. The van der Waals surface area contributed by atoms with Crippen molar-refractivity contribution in [1.82, 2.24) is 24.8 Å². The van der Waals surface area contributed by atoms with E-state index in [0.717, 1.165) is 40.2 Å². The van der Waals surface area contributed by atoms with E-state index in [-0.39, 0.29) is 11.9 Å². The molecule has 1 saturated heterocycles. The van der Waals surface area contributed by atoms with Crippen LogP contribution in [0.4, 0.5) is 0 Å². The number of benzene rings is 2. The number of halogens is 2. The van der Waals surface area contributed by atoms with E-state index in [4.69, 9.17) is 28.2 Å². The van der Waals surface area contributed by atoms with Crippen LogP contribution in [0.3, 0.4) is 0 Å². The van der Waals surface area contributed by atoms with Gasteiger partial charge in [-0.2, -0.15) is 0 Å². The molecule has 0 aliphatic carbocycles. The van der Waals surface area contributed by atoms with E-state index < -0.39 is 0 Å². The molecule has 1 atom stereocenters. The molecule has 1 amide bonds. The first-order valence-corrected chi connectivity index (χ1v) is 12.6. The second-order valence-corrected chi connectivity index (χ2v) is 9.61. The Bertz CT molecular complexity index is 1370. The Morgan fingerprint density at radius 3 is 2.82 bits per heavy atom. The third-order valence-electron chi connectivity index (χ3n) is 5.88. The van der Waals surface area contributed by atoms with Gasteiger partial charge >= 0.3 is 0 Å². The molecule has 0 bridgehead atoms. The van der Waals surface area contributed by atoms with Gasteiger partial charge in [0, 0.05) is 23.2 Å². The number of thioether (sulfide) groups is 1. The minimum absolute atomic E-state index is 0.121. The topological polar surface area (TPSA) is 74.8 Å². The largest absolute Gasteiger partial charge is 0.340 e. The van der Waals surface area contributed by atoms with Crippen LogP contribution in [0.2, 0.25) is 10.0 Å². The molecule has 33 heavy (non-hydrogen) atoms. The highest BCUT2D eigenvalue weighted by atomic mass is 35.5. The molecular formula is C24H21Cl2N5OS. The van der Waals surface area contributed by atoms with Gasteiger partial charge in [0.15, 0.2) is 0 Å². The number of rotatable bonds is 4. The molecule has 0 saturated carbocycles. The molecule has 1 unspecified atom stereocenters. The quantitative estimate of drug-likeness (QED) is 0.333. The highest BCUT2D eigenvalue weighted by molar-refractivity contribution is 7.98. The van der Waals surface area contributed by atoms with Crippen molar-refractivity contribution in [2.75, 3.05) is 12.8 Å². The number of hydrogen-bond acceptors (Lipinski definition) is 5. The van der Waals surface area contributed by atoms with E-state index in [1.165, 1.54) is 0 Å². The summed E-state index contributed by atoms with van der Waals surface area (Å²) in [4.78, 5) is 33.9. The van der Waals surface area contributed by atoms with Crippen molar-refractivity contribution in [3.63, 3.8) is 0 Å². The zero-order valence-corrected chi connectivity index (χ0v) is 20.4. The number of carbonyl (C=O) groups excluding carboxylic acids is 1. The van der Waals surface area contributed by atoms with Gasteiger partial charge in [-0.1, -0.05) is 35.3 Å². The van der Waals surface area contributed by atoms with Gasteiger partial charge in [0.05, 0.1) is 32.9 Å². The Hall–Kier alpha value is -2.61. The van der Waals surface area contributed by atoms with Gasteiger partial charge in [0.1, 0.15) is 17.2 Å². The summed E-state index contributed by atoms with van der Waals surface area (Å²) in [6.45, 7) is 2.44. The van der Waals surface area contributed by atoms with Gasteiger partial charge in [-0.3, -0.25) is 4.79 Å². The molecule has 1 aliphatic rings. The van der Waals surface area contributed by atoms with Gasteiger partial charge in [-0.15, -0.1) is 11.8 Å². The van der Waals surface area contributed by atoms with E-state index in [2.05, 4.69) is 21.0 Å². The molecule has 1 fully saturated rings. The fourth-order valence-corrected chi connectivity index (χ4v) is 5.15. The average molecular weight is 498 g/mol. The first-order valence-electron chi connectivity index (χ1n) is 10.6. The maximum atomic E-state index is 13.8. The fraction of sp³-hybridized carbons (Fsp3) is 0.250. The molecule has 2 aromatic heterocycles. The van der Waals surface area contributed by atoms with Gasteiger partial charge in [-0.05, 0) is 50.3 Å². The van der Waals surface area contributed by atoms with Gasteiger partial charge < -0.3 is 9.88 Å². The number of aromatic amines is 1. The van der Waals surface area contributed by atoms with Crippen LogP contribution in [0, 0.1) is 6.92 Å². The van der Waals surface area contributed by atoms with Crippen molar-refractivity contribution < 1.29 is 4.79 Å². The number of aryl methyl sites for hydroxylation is 1. The van der Waals surface area contributed by atoms with Crippen LogP contribution >= 0.6 is 35.0 Å². The van der Waals surface area contributed by atoms with Gasteiger partial charge in [-0.25, -0.2) is 15.0 Å². The third-order valence-corrected chi connectivity index (χ3v) is 7.38. The number of para-hydroxylation sites is 1. The molecule has 2 aromatic carbocycles. The lowest BCUT2D eigenvalue weighted by Gasteiger charge is -2.24. The molecule has 0 spiro atoms. The van der Waals surface area contributed by atoms with Crippen LogP contribution in [0.25, 0.3) is 22.3 Å². The summed E-state index contributed by atoms with van der Waals surface area (Å²) in [6.07, 6.45) is 5.38. The highest BCUT2D eigenvalue weighted by Gasteiger charge is 2.34. The second kappa shape index (κ2) is 8.97. The Morgan fingerprint density at radius 1 is 1.18 bits per heavy atom. The number of fused-ring (bicyclic) bond motifs is 1. The van der Waals surface area contributed by atoms with Crippen molar-refractivity contribution in [2.24, 2.45) is 0 Å². The first-order chi connectivity index (χ1) is 16.0. The zero-order chi connectivity index (χ0) is 23.1. The van der Waals surface area contributed by atoms with Crippen molar-refractivity contribution >= 4 is 51.9 Å². The summed E-state index contributed by atoms with van der Waals surface area (Å²) in [5.41, 5.74) is 3.63. The normalized spacial score (nSPS) is 16.0. The van der Waals surface area contributed by atoms with E-state index in [0.29, 0.717) is 33.7 Å². The number of carbonyl (C=O) groups is 1. The minimum Gasteiger partial charge on any atom is -0.340 e. The molecule has 1 N–H and O–H groups in total. The SMILES string of the molecule is CSc1cccc2[nH]c(C3CCCN3C(=O)c3cnc(C)nc3-c3ccc(Cl)c(Cl)c3)nc12. The second-order valence-electron chi connectivity index (χ2n) is 7.94. The smallest absolute Gasteiger partial charge is 0.258 e. The summed E-state index contributed by atoms with van der Waals surface area (Å²) >= 11 is 14.0. The monoisotopic (exact) mass is 497 g/mol. The molecule has 0 radical (unpaired) electrons. The van der Waals surface area contributed by atoms with Gasteiger partial charge in [0.25, 0.3) is 5.91 Å². The van der Waals surface area contributed by atoms with Crippen LogP contribution in [0.5, 0.6) is 0 Å². The molecule has 6 nitrogen and oxygen atoms in total. The standard InChI is InChI=1S/C24H21Cl2N5OS/c1-13-27-12-15(21(28-13)14-8-9-16(25)17(26)11-14)24(32)31-10-4-6-19(31)23-29-18-5-3-7-20(33-2)22(18)30-23/h3,5,7-9,11-12,19H,4,6,10H2,1-2H3,(H,29,30). The lowest BCUT2D eigenvalue weighted by atomic mass is 10.1. The number of nitrogens with zero attached hydrogens (tertiary/aromatic N) is 4. The van der Waals surface area contributed by atoms with Crippen LogP contribution < -0.4 is 0 Å². The van der Waals surface area contributed by atoms with Crippen LogP contribution in [0.1, 0.15) is 40.9 Å². The van der Waals surface area contributed by atoms with E-state index in [9.17, 15) is 4.79 Å². The molecular weight excluding hydrogens is 477 g/mol. The summed E-state index contributed by atoms with van der Waals surface area (Å²) < 4.78 is 0. The Balaban J connectivity index is 1.54. The van der Waals surface area contributed by atoms with Gasteiger partial charge in [0.2, 0.25) is 0 Å². The lowest BCUT2D eigenvalue weighted by Crippen LogP contribution is -2.31. The Morgan fingerprint density at radius 2 is 2.03 bits per heavy atom. The Kier molecular flexibility index (Phi) is 6.03. The maximum absolute atomic E-state index is 13.8. The number of hydrogen-bond donors (Lipinski definition) is 1. The highest BCUT2D eigenvalue weighted by Crippen LogP contribution is 2.36. The van der Waals surface area contributed by atoms with Crippen LogP contribution in [-0.4, -0.2) is 43.5 Å². The number of H-pyrrole nitrogens is 1. The fourth-order valence-electron chi connectivity index (χ4n) is 4.29. The van der Waals surface area contributed by atoms with E-state index >= 15 is 0 Å². The summed E-state index contributed by atoms with van der Waals surface area (Å²) in [7, 11) is 0. The molecule has 1 aliphatic heterocycles. The summed E-state index contributed by atoms with van der Waals surface area (Å²) in [5.74, 6) is 1.26. The van der Waals surface area contributed by atoms with Crippen molar-refractivity contribution in [2.45, 2.75) is 30.7 Å². The van der Waals surface area contributed by atoms with E-state index in [1.807, 2.05) is 29.4 Å². The number of likely N-dealkylation sites (tertiary alicyclic amines) is 1. The van der Waals surface area contributed by atoms with Crippen LogP contribution in [0.15, 0.2) is 47.5 Å². The Labute approximate surface area is 205 Å².